The summed E-state index contributed by atoms with van der Waals surface area (Å²) in [5, 5.41) is 10.9. The lowest BCUT2D eigenvalue weighted by atomic mass is 10.2. The summed E-state index contributed by atoms with van der Waals surface area (Å²) in [7, 11) is 1.29. The van der Waals surface area contributed by atoms with Crippen LogP contribution < -0.4 is 4.90 Å². The van der Waals surface area contributed by atoms with Gasteiger partial charge in [0.15, 0.2) is 0 Å². The fourth-order valence-electron chi connectivity index (χ4n) is 1.83. The number of nitrogens with zero attached hydrogens (tertiary/aromatic N) is 2. The summed E-state index contributed by atoms with van der Waals surface area (Å²) in [4.78, 5) is 23.1. The number of halogens is 1. The highest BCUT2D eigenvalue weighted by atomic mass is 19.1. The zero-order chi connectivity index (χ0) is 16.1. The molecular formula is C15H13FN2O4. The van der Waals surface area contributed by atoms with Crippen molar-refractivity contribution in [2.75, 3.05) is 11.9 Å². The van der Waals surface area contributed by atoms with Crippen LogP contribution in [0.15, 0.2) is 48.5 Å². The maximum absolute atomic E-state index is 13.3. The summed E-state index contributed by atoms with van der Waals surface area (Å²) in [6.45, 7) is 0.0210. The molecule has 0 saturated carbocycles. The topological polar surface area (TPSA) is 72.7 Å². The molecule has 0 heterocycles. The number of nitro benzene ring substituents is 1. The van der Waals surface area contributed by atoms with Crippen molar-refractivity contribution in [3.8, 4) is 0 Å². The molecule has 0 radical (unpaired) electrons. The standard InChI is InChI=1S/C15H13FN2O4/c1-17(14-9-12(16)7-8-13(14)18(20)21)15(19)22-10-11-5-3-2-4-6-11/h2-9H,10H2,1H3. The molecule has 0 atom stereocenters. The molecule has 0 bridgehead atoms. The highest BCUT2D eigenvalue weighted by Crippen LogP contribution is 2.28. The number of carbonyl (C=O) groups excluding carboxylic acids is 1. The number of amides is 1. The Morgan fingerprint density at radius 2 is 1.95 bits per heavy atom. The molecule has 114 valence electrons. The van der Waals surface area contributed by atoms with Gasteiger partial charge in [-0.05, 0) is 11.6 Å². The van der Waals surface area contributed by atoms with Crippen LogP contribution in [-0.2, 0) is 11.3 Å². The minimum absolute atomic E-state index is 0.0210. The van der Waals surface area contributed by atoms with Crippen molar-refractivity contribution in [3.63, 3.8) is 0 Å². The van der Waals surface area contributed by atoms with Crippen LogP contribution in [0.4, 0.5) is 20.6 Å². The van der Waals surface area contributed by atoms with Crippen molar-refractivity contribution >= 4 is 17.5 Å². The molecule has 2 rings (SSSR count). The van der Waals surface area contributed by atoms with Gasteiger partial charge in [-0.15, -0.1) is 0 Å². The predicted octanol–water partition coefficient (Wildman–Crippen LogP) is 3.51. The first-order chi connectivity index (χ1) is 10.5. The highest BCUT2D eigenvalue weighted by Gasteiger charge is 2.23. The number of hydrogen-bond donors (Lipinski definition) is 0. The molecule has 0 aliphatic rings. The van der Waals surface area contributed by atoms with Gasteiger partial charge in [-0.3, -0.25) is 15.0 Å². The average Bonchev–Trinajstić information content (AvgIpc) is 2.52. The zero-order valence-electron chi connectivity index (χ0n) is 11.7. The van der Waals surface area contributed by atoms with E-state index < -0.39 is 16.8 Å². The van der Waals surface area contributed by atoms with Gasteiger partial charge < -0.3 is 4.74 Å². The second kappa shape index (κ2) is 6.66. The second-order valence-electron chi connectivity index (χ2n) is 4.49. The van der Waals surface area contributed by atoms with E-state index in [9.17, 15) is 19.3 Å². The third-order valence-corrected chi connectivity index (χ3v) is 2.97. The number of carbonyl (C=O) groups is 1. The summed E-state index contributed by atoms with van der Waals surface area (Å²) >= 11 is 0. The molecule has 0 aromatic heterocycles. The van der Waals surface area contributed by atoms with E-state index in [4.69, 9.17) is 4.74 Å². The van der Waals surface area contributed by atoms with Gasteiger partial charge in [0, 0.05) is 19.2 Å². The van der Waals surface area contributed by atoms with E-state index in [2.05, 4.69) is 0 Å². The van der Waals surface area contributed by atoms with Gasteiger partial charge in [0.25, 0.3) is 5.69 Å². The lowest BCUT2D eigenvalue weighted by Crippen LogP contribution is -2.27. The summed E-state index contributed by atoms with van der Waals surface area (Å²) in [6.07, 6.45) is -0.808. The minimum atomic E-state index is -0.808. The number of rotatable bonds is 4. The third-order valence-electron chi connectivity index (χ3n) is 2.97. The molecule has 0 fully saturated rings. The lowest BCUT2D eigenvalue weighted by Gasteiger charge is -2.17. The summed E-state index contributed by atoms with van der Waals surface area (Å²) < 4.78 is 18.3. The van der Waals surface area contributed by atoms with Crippen LogP contribution in [0.5, 0.6) is 0 Å². The molecular weight excluding hydrogens is 291 g/mol. The largest absolute Gasteiger partial charge is 0.444 e. The van der Waals surface area contributed by atoms with Crippen molar-refractivity contribution in [1.29, 1.82) is 0 Å². The number of benzene rings is 2. The van der Waals surface area contributed by atoms with Crippen molar-refractivity contribution in [1.82, 2.24) is 0 Å². The molecule has 7 heteroatoms. The Labute approximate surface area is 125 Å². The first-order valence-electron chi connectivity index (χ1n) is 6.37. The van der Waals surface area contributed by atoms with Gasteiger partial charge in [-0.2, -0.15) is 0 Å². The van der Waals surface area contributed by atoms with Gasteiger partial charge in [0.2, 0.25) is 0 Å². The molecule has 2 aromatic rings. The average molecular weight is 304 g/mol. The van der Waals surface area contributed by atoms with E-state index in [0.29, 0.717) is 0 Å². The fourth-order valence-corrected chi connectivity index (χ4v) is 1.83. The third kappa shape index (κ3) is 3.57. The molecule has 22 heavy (non-hydrogen) atoms. The molecule has 6 nitrogen and oxygen atoms in total. The molecule has 0 N–H and O–H groups in total. The van der Waals surface area contributed by atoms with Crippen LogP contribution in [0, 0.1) is 15.9 Å². The second-order valence-corrected chi connectivity index (χ2v) is 4.49. The summed E-state index contributed by atoms with van der Waals surface area (Å²) in [5.74, 6) is -0.677. The van der Waals surface area contributed by atoms with Gasteiger partial charge in [-0.1, -0.05) is 30.3 Å². The number of nitro groups is 1. The van der Waals surface area contributed by atoms with Crippen LogP contribution in [0.2, 0.25) is 0 Å². The van der Waals surface area contributed by atoms with Crippen LogP contribution in [0.3, 0.4) is 0 Å². The van der Waals surface area contributed by atoms with Crippen LogP contribution in [0.25, 0.3) is 0 Å². The predicted molar refractivity (Wildman–Crippen MR) is 78.1 cm³/mol. The van der Waals surface area contributed by atoms with Gasteiger partial charge in [-0.25, -0.2) is 9.18 Å². The first kappa shape index (κ1) is 15.4. The Balaban J connectivity index is 2.13. The van der Waals surface area contributed by atoms with Crippen molar-refractivity contribution in [2.24, 2.45) is 0 Å². The SMILES string of the molecule is CN(C(=O)OCc1ccccc1)c1cc(F)ccc1[N+](=O)[O-]. The van der Waals surface area contributed by atoms with E-state index in [-0.39, 0.29) is 18.0 Å². The quantitative estimate of drug-likeness (QED) is 0.640. The number of hydrogen-bond acceptors (Lipinski definition) is 4. The normalized spacial score (nSPS) is 10.1. The Morgan fingerprint density at radius 1 is 1.27 bits per heavy atom. The van der Waals surface area contributed by atoms with Crippen molar-refractivity contribution < 1.29 is 18.8 Å². The summed E-state index contributed by atoms with van der Waals surface area (Å²) in [6, 6.07) is 11.9. The molecule has 2 aromatic carbocycles. The molecule has 0 spiro atoms. The van der Waals surface area contributed by atoms with Crippen molar-refractivity contribution in [2.45, 2.75) is 6.61 Å². The highest BCUT2D eigenvalue weighted by molar-refractivity contribution is 5.90. The van der Waals surface area contributed by atoms with Crippen LogP contribution >= 0.6 is 0 Å². The molecule has 0 unspecified atom stereocenters. The maximum atomic E-state index is 13.3. The maximum Gasteiger partial charge on any atom is 0.414 e. The first-order valence-corrected chi connectivity index (χ1v) is 6.37. The van der Waals surface area contributed by atoms with Gasteiger partial charge >= 0.3 is 6.09 Å². The van der Waals surface area contributed by atoms with E-state index in [0.717, 1.165) is 28.7 Å². The lowest BCUT2D eigenvalue weighted by molar-refractivity contribution is -0.384. The van der Waals surface area contributed by atoms with E-state index in [1.54, 1.807) is 24.3 Å². The minimum Gasteiger partial charge on any atom is -0.444 e. The zero-order valence-corrected chi connectivity index (χ0v) is 11.7. The van der Waals surface area contributed by atoms with E-state index >= 15 is 0 Å². The van der Waals surface area contributed by atoms with Crippen molar-refractivity contribution in [3.05, 3.63) is 70.0 Å². The van der Waals surface area contributed by atoms with Crippen LogP contribution in [-0.4, -0.2) is 18.1 Å². The molecule has 1 amide bonds. The molecule has 0 aliphatic carbocycles. The monoisotopic (exact) mass is 304 g/mol. The summed E-state index contributed by atoms with van der Waals surface area (Å²) in [5.41, 5.74) is 0.238. The molecule has 0 aliphatic heterocycles. The number of ether oxygens (including phenoxy) is 1. The Kier molecular flexibility index (Phi) is 4.67. The Hall–Kier alpha value is -2.96. The number of anilines is 1. The Morgan fingerprint density at radius 3 is 2.59 bits per heavy atom. The Bertz CT molecular complexity index is 691. The van der Waals surface area contributed by atoms with E-state index in [1.165, 1.54) is 7.05 Å². The van der Waals surface area contributed by atoms with Gasteiger partial charge in [0.05, 0.1) is 4.92 Å². The fraction of sp³-hybridized carbons (Fsp3) is 0.133. The van der Waals surface area contributed by atoms with E-state index in [1.807, 2.05) is 6.07 Å². The smallest absolute Gasteiger partial charge is 0.414 e. The molecule has 0 saturated heterocycles. The van der Waals surface area contributed by atoms with Gasteiger partial charge in [0.1, 0.15) is 18.1 Å². The van der Waals surface area contributed by atoms with Crippen LogP contribution in [0.1, 0.15) is 5.56 Å².